The minimum absolute atomic E-state index is 0.601. The minimum atomic E-state index is -0.989. The molecule has 0 aromatic heterocycles. The zero-order valence-electron chi connectivity index (χ0n) is 11.1. The molecule has 20 heavy (non-hydrogen) atoms. The predicted molar refractivity (Wildman–Crippen MR) is 82.0 cm³/mol. The zero-order valence-corrected chi connectivity index (χ0v) is 11.9. The number of carbonyl (C=O) groups is 1. The van der Waals surface area contributed by atoms with E-state index in [2.05, 4.69) is 11.0 Å². The standard InChI is InChI=1S/C15H16N2O2S/c16-11-13-10-12(3-5-15(18)19)2-4-14(13)17-6-1-8-20-9-7-17/h2-5,10H,1,6-9H2,(H,18,19)/b5-3+. The Labute approximate surface area is 122 Å². The van der Waals surface area contributed by atoms with Gasteiger partial charge in [0, 0.05) is 24.9 Å². The Balaban J connectivity index is 2.25. The van der Waals surface area contributed by atoms with Crippen LogP contribution in [0.3, 0.4) is 0 Å². The van der Waals surface area contributed by atoms with E-state index in [0.29, 0.717) is 5.56 Å². The van der Waals surface area contributed by atoms with Gasteiger partial charge in [-0.1, -0.05) is 6.07 Å². The number of carboxylic acid groups (broad SMARTS) is 1. The molecule has 0 spiro atoms. The average molecular weight is 288 g/mol. The van der Waals surface area contributed by atoms with Crippen LogP contribution in [0.15, 0.2) is 24.3 Å². The molecule has 1 fully saturated rings. The third-order valence-electron chi connectivity index (χ3n) is 3.12. The Morgan fingerprint density at radius 3 is 3.00 bits per heavy atom. The Hall–Kier alpha value is -1.93. The number of rotatable bonds is 3. The van der Waals surface area contributed by atoms with E-state index in [1.165, 1.54) is 6.08 Å². The van der Waals surface area contributed by atoms with Crippen molar-refractivity contribution in [2.24, 2.45) is 0 Å². The second-order valence-corrected chi connectivity index (χ2v) is 5.74. The number of thioether (sulfide) groups is 1. The monoisotopic (exact) mass is 288 g/mol. The van der Waals surface area contributed by atoms with Crippen molar-refractivity contribution in [1.82, 2.24) is 0 Å². The van der Waals surface area contributed by atoms with Crippen LogP contribution in [0, 0.1) is 11.3 Å². The van der Waals surface area contributed by atoms with Crippen LogP contribution in [-0.2, 0) is 4.79 Å². The van der Waals surface area contributed by atoms with Crippen molar-refractivity contribution in [2.75, 3.05) is 29.5 Å². The average Bonchev–Trinajstić information content (AvgIpc) is 2.73. The van der Waals surface area contributed by atoms with Gasteiger partial charge in [-0.05, 0) is 35.9 Å². The van der Waals surface area contributed by atoms with Gasteiger partial charge >= 0.3 is 5.97 Å². The van der Waals surface area contributed by atoms with Crippen LogP contribution >= 0.6 is 11.8 Å². The molecule has 0 radical (unpaired) electrons. The molecule has 1 aromatic rings. The minimum Gasteiger partial charge on any atom is -0.478 e. The van der Waals surface area contributed by atoms with Crippen molar-refractivity contribution in [3.63, 3.8) is 0 Å². The summed E-state index contributed by atoms with van der Waals surface area (Å²) in [6.45, 7) is 1.91. The summed E-state index contributed by atoms with van der Waals surface area (Å²) < 4.78 is 0. The SMILES string of the molecule is N#Cc1cc(/C=C/C(=O)O)ccc1N1CCCSCC1. The second kappa shape index (κ2) is 7.01. The summed E-state index contributed by atoms with van der Waals surface area (Å²) in [5.41, 5.74) is 2.28. The quantitative estimate of drug-likeness (QED) is 0.866. The number of hydrogen-bond acceptors (Lipinski definition) is 4. The highest BCUT2D eigenvalue weighted by Crippen LogP contribution is 2.24. The molecule has 0 saturated carbocycles. The third kappa shape index (κ3) is 3.78. The first-order valence-electron chi connectivity index (χ1n) is 6.48. The largest absolute Gasteiger partial charge is 0.478 e. The highest BCUT2D eigenvalue weighted by molar-refractivity contribution is 7.99. The molecule has 0 amide bonds. The number of carboxylic acids is 1. The van der Waals surface area contributed by atoms with Crippen LogP contribution in [-0.4, -0.2) is 35.7 Å². The number of nitrogens with zero attached hydrogens (tertiary/aromatic N) is 2. The summed E-state index contributed by atoms with van der Waals surface area (Å²) in [5, 5.41) is 17.9. The third-order valence-corrected chi connectivity index (χ3v) is 4.17. The molecular weight excluding hydrogens is 272 g/mol. The summed E-state index contributed by atoms with van der Waals surface area (Å²) in [6.07, 6.45) is 3.71. The number of anilines is 1. The van der Waals surface area contributed by atoms with E-state index in [1.807, 2.05) is 23.9 Å². The summed E-state index contributed by atoms with van der Waals surface area (Å²) in [7, 11) is 0. The van der Waals surface area contributed by atoms with E-state index in [9.17, 15) is 10.1 Å². The van der Waals surface area contributed by atoms with Gasteiger partial charge in [-0.2, -0.15) is 17.0 Å². The van der Waals surface area contributed by atoms with Crippen LogP contribution in [0.4, 0.5) is 5.69 Å². The zero-order chi connectivity index (χ0) is 14.4. The topological polar surface area (TPSA) is 64.3 Å². The predicted octanol–water partition coefficient (Wildman–Crippen LogP) is 2.60. The van der Waals surface area contributed by atoms with Gasteiger partial charge < -0.3 is 10.0 Å². The lowest BCUT2D eigenvalue weighted by Crippen LogP contribution is -2.26. The van der Waals surface area contributed by atoms with Crippen LogP contribution in [0.5, 0.6) is 0 Å². The maximum Gasteiger partial charge on any atom is 0.328 e. The number of hydrogen-bond donors (Lipinski definition) is 1. The molecule has 1 N–H and O–H groups in total. The van der Waals surface area contributed by atoms with Gasteiger partial charge in [0.15, 0.2) is 0 Å². The van der Waals surface area contributed by atoms with Gasteiger partial charge in [0.25, 0.3) is 0 Å². The highest BCUT2D eigenvalue weighted by atomic mass is 32.2. The molecular formula is C15H16N2O2S. The maximum absolute atomic E-state index is 10.5. The summed E-state index contributed by atoms with van der Waals surface area (Å²) >= 11 is 1.94. The van der Waals surface area contributed by atoms with Crippen LogP contribution in [0.2, 0.25) is 0 Å². The van der Waals surface area contributed by atoms with E-state index in [1.54, 1.807) is 6.07 Å². The fraction of sp³-hybridized carbons (Fsp3) is 0.333. The van der Waals surface area contributed by atoms with Crippen molar-refractivity contribution >= 4 is 29.5 Å². The first kappa shape index (κ1) is 14.5. The molecule has 2 rings (SSSR count). The first-order chi connectivity index (χ1) is 9.70. The van der Waals surface area contributed by atoms with Crippen LogP contribution < -0.4 is 4.90 Å². The van der Waals surface area contributed by atoms with Crippen molar-refractivity contribution in [2.45, 2.75) is 6.42 Å². The fourth-order valence-corrected chi connectivity index (χ4v) is 3.06. The van der Waals surface area contributed by atoms with Gasteiger partial charge in [-0.25, -0.2) is 4.79 Å². The smallest absolute Gasteiger partial charge is 0.328 e. The molecule has 1 heterocycles. The van der Waals surface area contributed by atoms with E-state index in [0.717, 1.165) is 48.3 Å². The molecule has 0 aliphatic carbocycles. The summed E-state index contributed by atoms with van der Waals surface area (Å²) in [5.74, 6) is 1.25. The second-order valence-electron chi connectivity index (χ2n) is 4.51. The van der Waals surface area contributed by atoms with E-state index >= 15 is 0 Å². The van der Waals surface area contributed by atoms with E-state index < -0.39 is 5.97 Å². The van der Waals surface area contributed by atoms with Crippen molar-refractivity contribution in [1.29, 1.82) is 5.26 Å². The Morgan fingerprint density at radius 1 is 1.40 bits per heavy atom. The molecule has 0 unspecified atom stereocenters. The normalized spacial score (nSPS) is 15.8. The first-order valence-corrected chi connectivity index (χ1v) is 7.64. The number of benzene rings is 1. The Bertz CT molecular complexity index is 555. The van der Waals surface area contributed by atoms with Crippen LogP contribution in [0.25, 0.3) is 6.08 Å². The molecule has 0 atom stereocenters. The number of nitriles is 1. The Morgan fingerprint density at radius 2 is 2.25 bits per heavy atom. The summed E-state index contributed by atoms with van der Waals surface area (Å²) in [4.78, 5) is 12.8. The van der Waals surface area contributed by atoms with Gasteiger partial charge in [-0.3, -0.25) is 0 Å². The molecule has 1 saturated heterocycles. The van der Waals surface area contributed by atoms with Gasteiger partial charge in [-0.15, -0.1) is 0 Å². The van der Waals surface area contributed by atoms with Crippen molar-refractivity contribution in [3.8, 4) is 6.07 Å². The van der Waals surface area contributed by atoms with Crippen molar-refractivity contribution < 1.29 is 9.90 Å². The lowest BCUT2D eigenvalue weighted by Gasteiger charge is -2.23. The lowest BCUT2D eigenvalue weighted by molar-refractivity contribution is -0.131. The van der Waals surface area contributed by atoms with E-state index in [4.69, 9.17) is 5.11 Å². The van der Waals surface area contributed by atoms with Gasteiger partial charge in [0.1, 0.15) is 6.07 Å². The lowest BCUT2D eigenvalue weighted by atomic mass is 10.1. The molecule has 1 aliphatic rings. The molecule has 104 valence electrons. The maximum atomic E-state index is 10.5. The number of aliphatic carboxylic acids is 1. The molecule has 0 bridgehead atoms. The highest BCUT2D eigenvalue weighted by Gasteiger charge is 2.13. The molecule has 5 heteroatoms. The van der Waals surface area contributed by atoms with Gasteiger partial charge in [0.2, 0.25) is 0 Å². The molecule has 1 aromatic carbocycles. The van der Waals surface area contributed by atoms with E-state index in [-0.39, 0.29) is 0 Å². The molecule has 1 aliphatic heterocycles. The van der Waals surface area contributed by atoms with Crippen LogP contribution in [0.1, 0.15) is 17.5 Å². The van der Waals surface area contributed by atoms with Gasteiger partial charge in [0.05, 0.1) is 11.3 Å². The molecule has 4 nitrogen and oxygen atoms in total. The Kier molecular flexibility index (Phi) is 5.08. The van der Waals surface area contributed by atoms with Crippen molar-refractivity contribution in [3.05, 3.63) is 35.4 Å². The fourth-order valence-electron chi connectivity index (χ4n) is 2.18. The summed E-state index contributed by atoms with van der Waals surface area (Å²) in [6, 6.07) is 7.72.